The highest BCUT2D eigenvalue weighted by Crippen LogP contribution is 2.23. The molecule has 0 bridgehead atoms. The van der Waals surface area contributed by atoms with E-state index in [4.69, 9.17) is 23.2 Å². The van der Waals surface area contributed by atoms with E-state index in [0.717, 1.165) is 0 Å². The van der Waals surface area contributed by atoms with E-state index >= 15 is 0 Å². The number of hydrogen-bond donors (Lipinski definition) is 0. The molecule has 70 valence electrons. The quantitative estimate of drug-likeness (QED) is 0.724. The van der Waals surface area contributed by atoms with Crippen LogP contribution in [0.2, 0.25) is 10.0 Å². The SMILES string of the molecule is CN(C)C(=O)c1c(Cl)cncc1Cl. The van der Waals surface area contributed by atoms with Gasteiger partial charge in [-0.25, -0.2) is 0 Å². The van der Waals surface area contributed by atoms with Crippen molar-refractivity contribution in [1.29, 1.82) is 0 Å². The van der Waals surface area contributed by atoms with Gasteiger partial charge in [-0.05, 0) is 0 Å². The van der Waals surface area contributed by atoms with Gasteiger partial charge in [0.2, 0.25) is 0 Å². The number of aromatic nitrogens is 1. The summed E-state index contributed by atoms with van der Waals surface area (Å²) < 4.78 is 0. The fourth-order valence-corrected chi connectivity index (χ4v) is 1.37. The van der Waals surface area contributed by atoms with Gasteiger partial charge in [0.05, 0.1) is 15.6 Å². The van der Waals surface area contributed by atoms with Crippen LogP contribution < -0.4 is 0 Å². The summed E-state index contributed by atoms with van der Waals surface area (Å²) in [5.74, 6) is -0.225. The molecule has 1 aromatic heterocycles. The summed E-state index contributed by atoms with van der Waals surface area (Å²) in [6.45, 7) is 0. The maximum atomic E-state index is 11.5. The summed E-state index contributed by atoms with van der Waals surface area (Å²) >= 11 is 11.5. The second-order valence-corrected chi connectivity index (χ2v) is 3.49. The van der Waals surface area contributed by atoms with Crippen LogP contribution in [0, 0.1) is 0 Å². The van der Waals surface area contributed by atoms with Crippen LogP contribution in [0.25, 0.3) is 0 Å². The molecule has 1 rings (SSSR count). The molecule has 0 atom stereocenters. The van der Waals surface area contributed by atoms with Crippen molar-refractivity contribution in [2.75, 3.05) is 14.1 Å². The fraction of sp³-hybridized carbons (Fsp3) is 0.250. The van der Waals surface area contributed by atoms with Gasteiger partial charge < -0.3 is 4.90 Å². The third kappa shape index (κ3) is 2.11. The van der Waals surface area contributed by atoms with Gasteiger partial charge in [-0.3, -0.25) is 9.78 Å². The van der Waals surface area contributed by atoms with Crippen LogP contribution in [0.4, 0.5) is 0 Å². The van der Waals surface area contributed by atoms with E-state index in [0.29, 0.717) is 5.56 Å². The molecule has 0 spiro atoms. The summed E-state index contributed by atoms with van der Waals surface area (Å²) in [6, 6.07) is 0. The van der Waals surface area contributed by atoms with Crippen molar-refractivity contribution in [3.63, 3.8) is 0 Å². The summed E-state index contributed by atoms with van der Waals surface area (Å²) in [5, 5.41) is 0.539. The average Bonchev–Trinajstić information content (AvgIpc) is 2.03. The number of carbonyl (C=O) groups excluding carboxylic acids is 1. The molecule has 0 aromatic carbocycles. The minimum Gasteiger partial charge on any atom is -0.345 e. The van der Waals surface area contributed by atoms with Crippen LogP contribution in [0.15, 0.2) is 12.4 Å². The lowest BCUT2D eigenvalue weighted by Crippen LogP contribution is -2.22. The first kappa shape index (κ1) is 10.3. The second kappa shape index (κ2) is 3.94. The molecular weight excluding hydrogens is 211 g/mol. The van der Waals surface area contributed by atoms with Gasteiger partial charge >= 0.3 is 0 Å². The van der Waals surface area contributed by atoms with Crippen molar-refractivity contribution in [2.45, 2.75) is 0 Å². The predicted octanol–water partition coefficient (Wildman–Crippen LogP) is 2.09. The standard InChI is InChI=1S/C8H8Cl2N2O/c1-12(2)8(13)7-5(9)3-11-4-6(7)10/h3-4H,1-2H3. The van der Waals surface area contributed by atoms with Crippen LogP contribution in [-0.2, 0) is 0 Å². The zero-order valence-electron chi connectivity index (χ0n) is 7.21. The van der Waals surface area contributed by atoms with E-state index < -0.39 is 0 Å². The molecule has 0 radical (unpaired) electrons. The topological polar surface area (TPSA) is 33.2 Å². The summed E-state index contributed by atoms with van der Waals surface area (Å²) in [7, 11) is 3.27. The van der Waals surface area contributed by atoms with Crippen molar-refractivity contribution in [2.24, 2.45) is 0 Å². The van der Waals surface area contributed by atoms with E-state index in [1.807, 2.05) is 0 Å². The first-order valence-electron chi connectivity index (χ1n) is 3.54. The number of amides is 1. The van der Waals surface area contributed by atoms with E-state index in [1.165, 1.54) is 17.3 Å². The molecule has 5 heteroatoms. The highest BCUT2D eigenvalue weighted by Gasteiger charge is 2.16. The number of halogens is 2. The fourth-order valence-electron chi connectivity index (χ4n) is 0.839. The maximum absolute atomic E-state index is 11.5. The molecule has 0 aliphatic carbocycles. The minimum atomic E-state index is -0.225. The Bertz CT molecular complexity index is 319. The minimum absolute atomic E-state index is 0.225. The van der Waals surface area contributed by atoms with Gasteiger partial charge in [0, 0.05) is 26.5 Å². The van der Waals surface area contributed by atoms with Crippen molar-refractivity contribution in [3.8, 4) is 0 Å². The molecule has 0 aliphatic heterocycles. The van der Waals surface area contributed by atoms with E-state index in [-0.39, 0.29) is 16.0 Å². The summed E-state index contributed by atoms with van der Waals surface area (Å²) in [4.78, 5) is 16.7. The van der Waals surface area contributed by atoms with Crippen LogP contribution >= 0.6 is 23.2 Å². The van der Waals surface area contributed by atoms with E-state index in [9.17, 15) is 4.79 Å². The van der Waals surface area contributed by atoms with Crippen LogP contribution in [-0.4, -0.2) is 29.9 Å². The number of hydrogen-bond acceptors (Lipinski definition) is 2. The van der Waals surface area contributed by atoms with Crippen molar-refractivity contribution in [3.05, 3.63) is 28.0 Å². The van der Waals surface area contributed by atoms with E-state index in [2.05, 4.69) is 4.98 Å². The van der Waals surface area contributed by atoms with E-state index in [1.54, 1.807) is 14.1 Å². The van der Waals surface area contributed by atoms with Crippen molar-refractivity contribution in [1.82, 2.24) is 9.88 Å². The predicted molar refractivity (Wildman–Crippen MR) is 52.3 cm³/mol. The Morgan fingerprint density at radius 1 is 1.31 bits per heavy atom. The Labute approximate surface area is 86.3 Å². The first-order valence-corrected chi connectivity index (χ1v) is 4.30. The smallest absolute Gasteiger partial charge is 0.256 e. The van der Waals surface area contributed by atoms with Gasteiger partial charge in [0.1, 0.15) is 0 Å². The third-order valence-corrected chi connectivity index (χ3v) is 2.05. The zero-order valence-corrected chi connectivity index (χ0v) is 8.73. The molecule has 1 heterocycles. The number of nitrogens with zero attached hydrogens (tertiary/aromatic N) is 2. The molecule has 0 N–H and O–H groups in total. The highest BCUT2D eigenvalue weighted by atomic mass is 35.5. The third-order valence-electron chi connectivity index (χ3n) is 1.47. The lowest BCUT2D eigenvalue weighted by Gasteiger charge is -2.11. The molecule has 13 heavy (non-hydrogen) atoms. The largest absolute Gasteiger partial charge is 0.345 e. The van der Waals surface area contributed by atoms with Crippen LogP contribution in [0.5, 0.6) is 0 Å². The Hall–Kier alpha value is -0.800. The summed E-state index contributed by atoms with van der Waals surface area (Å²) in [5.41, 5.74) is 0.295. The number of pyridine rings is 1. The second-order valence-electron chi connectivity index (χ2n) is 2.68. The zero-order chi connectivity index (χ0) is 10.0. The van der Waals surface area contributed by atoms with Crippen LogP contribution in [0.1, 0.15) is 10.4 Å². The lowest BCUT2D eigenvalue weighted by molar-refractivity contribution is 0.0828. The van der Waals surface area contributed by atoms with Crippen molar-refractivity contribution >= 4 is 29.1 Å². The monoisotopic (exact) mass is 218 g/mol. The Balaban J connectivity index is 3.20. The first-order chi connectivity index (χ1) is 6.04. The molecule has 0 saturated carbocycles. The number of rotatable bonds is 1. The lowest BCUT2D eigenvalue weighted by atomic mass is 10.2. The molecule has 0 fully saturated rings. The Morgan fingerprint density at radius 2 is 1.77 bits per heavy atom. The van der Waals surface area contributed by atoms with Gasteiger partial charge in [0.15, 0.2) is 0 Å². The van der Waals surface area contributed by atoms with Gasteiger partial charge in [-0.15, -0.1) is 0 Å². The molecule has 1 aromatic rings. The number of carbonyl (C=O) groups is 1. The molecule has 1 amide bonds. The van der Waals surface area contributed by atoms with Crippen LogP contribution in [0.3, 0.4) is 0 Å². The molecule has 3 nitrogen and oxygen atoms in total. The molecule has 0 unspecified atom stereocenters. The van der Waals surface area contributed by atoms with Gasteiger partial charge in [-0.1, -0.05) is 23.2 Å². The Kier molecular flexibility index (Phi) is 3.12. The Morgan fingerprint density at radius 3 is 2.15 bits per heavy atom. The van der Waals surface area contributed by atoms with Gasteiger partial charge in [-0.2, -0.15) is 0 Å². The maximum Gasteiger partial charge on any atom is 0.256 e. The van der Waals surface area contributed by atoms with Gasteiger partial charge in [0.25, 0.3) is 5.91 Å². The molecule has 0 saturated heterocycles. The van der Waals surface area contributed by atoms with Crippen molar-refractivity contribution < 1.29 is 4.79 Å². The molecule has 0 aliphatic rings. The normalized spacial score (nSPS) is 9.85. The molecular formula is C8H8Cl2N2O. The highest BCUT2D eigenvalue weighted by molar-refractivity contribution is 6.39. The average molecular weight is 219 g/mol. The summed E-state index contributed by atoms with van der Waals surface area (Å²) in [6.07, 6.45) is 2.79.